The van der Waals surface area contributed by atoms with Crippen molar-refractivity contribution >= 4 is 22.4 Å². The molecule has 2 nitrogen and oxygen atoms in total. The summed E-state index contributed by atoms with van der Waals surface area (Å²) in [6.07, 6.45) is 6.56. The van der Waals surface area contributed by atoms with E-state index in [2.05, 4.69) is 24.3 Å². The van der Waals surface area contributed by atoms with Crippen LogP contribution >= 0.6 is 0 Å². The van der Waals surface area contributed by atoms with Crippen molar-refractivity contribution < 1.29 is 4.79 Å². The van der Waals surface area contributed by atoms with E-state index in [9.17, 15) is 4.79 Å². The van der Waals surface area contributed by atoms with Crippen molar-refractivity contribution in [3.63, 3.8) is 0 Å². The van der Waals surface area contributed by atoms with Gasteiger partial charge in [-0.25, -0.2) is 0 Å². The lowest BCUT2D eigenvalue weighted by atomic mass is 9.89. The van der Waals surface area contributed by atoms with Crippen molar-refractivity contribution in [1.82, 2.24) is 0 Å². The van der Waals surface area contributed by atoms with E-state index in [1.807, 2.05) is 17.0 Å². The summed E-state index contributed by atoms with van der Waals surface area (Å²) in [6, 6.07) is 12.3. The van der Waals surface area contributed by atoms with Crippen molar-refractivity contribution in [2.75, 3.05) is 11.4 Å². The van der Waals surface area contributed by atoms with Crippen molar-refractivity contribution in [1.29, 1.82) is 0 Å². The number of benzene rings is 2. The standard InChI is InChI=1S/C18H19NO/c20-18-15-10-4-8-14-9-5-11-16(17(14)15)19(18)12-13-6-2-1-3-7-13/h4-5,8-11,13H,1-3,6-7,12H2. The molecule has 1 heterocycles. The average Bonchev–Trinajstić information content (AvgIpc) is 2.77. The summed E-state index contributed by atoms with van der Waals surface area (Å²) in [7, 11) is 0. The van der Waals surface area contributed by atoms with Gasteiger partial charge in [0.2, 0.25) is 0 Å². The Morgan fingerprint density at radius 2 is 1.75 bits per heavy atom. The fraction of sp³-hybridized carbons (Fsp3) is 0.389. The third kappa shape index (κ3) is 1.75. The van der Waals surface area contributed by atoms with Crippen LogP contribution in [0, 0.1) is 5.92 Å². The number of hydrogen-bond acceptors (Lipinski definition) is 1. The van der Waals surface area contributed by atoms with Crippen molar-refractivity contribution in [2.45, 2.75) is 32.1 Å². The first kappa shape index (κ1) is 12.0. The Labute approximate surface area is 119 Å². The van der Waals surface area contributed by atoms with Crippen LogP contribution in [0.1, 0.15) is 42.5 Å². The highest BCUT2D eigenvalue weighted by Crippen LogP contribution is 2.38. The first-order valence-electron chi connectivity index (χ1n) is 7.68. The third-order valence-corrected chi connectivity index (χ3v) is 4.81. The smallest absolute Gasteiger partial charge is 0.259 e. The molecule has 0 saturated heterocycles. The van der Waals surface area contributed by atoms with Crippen LogP contribution in [0.4, 0.5) is 5.69 Å². The topological polar surface area (TPSA) is 20.3 Å². The molecule has 102 valence electrons. The summed E-state index contributed by atoms with van der Waals surface area (Å²) < 4.78 is 0. The highest BCUT2D eigenvalue weighted by atomic mass is 16.2. The molecule has 1 aliphatic heterocycles. The van der Waals surface area contributed by atoms with E-state index in [0.717, 1.165) is 23.2 Å². The van der Waals surface area contributed by atoms with Crippen LogP contribution in [0.5, 0.6) is 0 Å². The average molecular weight is 265 g/mol. The van der Waals surface area contributed by atoms with E-state index in [1.165, 1.54) is 37.5 Å². The molecule has 0 radical (unpaired) electrons. The zero-order valence-electron chi connectivity index (χ0n) is 11.6. The molecular weight excluding hydrogens is 246 g/mol. The molecule has 1 fully saturated rings. The first-order chi connectivity index (χ1) is 9.84. The predicted molar refractivity (Wildman–Crippen MR) is 82.2 cm³/mol. The molecule has 2 heteroatoms. The minimum atomic E-state index is 0.197. The van der Waals surface area contributed by atoms with Crippen LogP contribution < -0.4 is 4.90 Å². The molecule has 2 aliphatic rings. The molecule has 1 amide bonds. The zero-order chi connectivity index (χ0) is 13.5. The second kappa shape index (κ2) is 4.62. The number of hydrogen-bond donors (Lipinski definition) is 0. The van der Waals surface area contributed by atoms with Crippen LogP contribution in [-0.2, 0) is 0 Å². The van der Waals surface area contributed by atoms with Crippen LogP contribution in [0.3, 0.4) is 0 Å². The molecule has 2 aromatic rings. The monoisotopic (exact) mass is 265 g/mol. The second-order valence-electron chi connectivity index (χ2n) is 6.10. The van der Waals surface area contributed by atoms with Gasteiger partial charge in [0.1, 0.15) is 0 Å². The Kier molecular flexibility index (Phi) is 2.76. The molecule has 0 aromatic heterocycles. The van der Waals surface area contributed by atoms with Crippen LogP contribution in [0.2, 0.25) is 0 Å². The van der Waals surface area contributed by atoms with Crippen LogP contribution in [0.25, 0.3) is 10.8 Å². The quantitative estimate of drug-likeness (QED) is 0.789. The molecule has 1 saturated carbocycles. The molecule has 1 aliphatic carbocycles. The van der Waals surface area contributed by atoms with Gasteiger partial charge in [0.05, 0.1) is 5.69 Å². The largest absolute Gasteiger partial charge is 0.307 e. The van der Waals surface area contributed by atoms with Gasteiger partial charge >= 0.3 is 0 Å². The number of rotatable bonds is 2. The van der Waals surface area contributed by atoms with Gasteiger partial charge in [0.15, 0.2) is 0 Å². The fourth-order valence-corrected chi connectivity index (χ4v) is 3.79. The zero-order valence-corrected chi connectivity index (χ0v) is 11.6. The lowest BCUT2D eigenvalue weighted by molar-refractivity contribution is 0.0987. The highest BCUT2D eigenvalue weighted by molar-refractivity contribution is 6.25. The molecule has 4 rings (SSSR count). The molecule has 0 bridgehead atoms. The van der Waals surface area contributed by atoms with Crippen molar-refractivity contribution in [2.24, 2.45) is 5.92 Å². The van der Waals surface area contributed by atoms with Gasteiger partial charge in [0.25, 0.3) is 5.91 Å². The predicted octanol–water partition coefficient (Wildman–Crippen LogP) is 4.38. The maximum Gasteiger partial charge on any atom is 0.259 e. The van der Waals surface area contributed by atoms with Crippen LogP contribution in [-0.4, -0.2) is 12.5 Å². The summed E-state index contributed by atoms with van der Waals surface area (Å²) in [5.74, 6) is 0.875. The molecular formula is C18H19NO. The maximum atomic E-state index is 12.7. The Balaban J connectivity index is 1.73. The van der Waals surface area contributed by atoms with Gasteiger partial charge in [-0.3, -0.25) is 4.79 Å². The number of anilines is 1. The second-order valence-corrected chi connectivity index (χ2v) is 6.10. The van der Waals surface area contributed by atoms with E-state index < -0.39 is 0 Å². The number of carbonyl (C=O) groups excluding carboxylic acids is 1. The molecule has 0 N–H and O–H groups in total. The number of nitrogens with zero attached hydrogens (tertiary/aromatic N) is 1. The number of amides is 1. The maximum absolute atomic E-state index is 12.7. The van der Waals surface area contributed by atoms with Crippen molar-refractivity contribution in [3.8, 4) is 0 Å². The first-order valence-corrected chi connectivity index (χ1v) is 7.68. The van der Waals surface area contributed by atoms with Gasteiger partial charge in [-0.05, 0) is 36.3 Å². The third-order valence-electron chi connectivity index (χ3n) is 4.81. The Morgan fingerprint density at radius 1 is 1.00 bits per heavy atom. The summed E-state index contributed by atoms with van der Waals surface area (Å²) in [5.41, 5.74) is 2.00. The Bertz CT molecular complexity index is 665. The molecule has 0 atom stereocenters. The van der Waals surface area contributed by atoms with Gasteiger partial charge < -0.3 is 4.90 Å². The Hall–Kier alpha value is -1.83. The van der Waals surface area contributed by atoms with E-state index in [0.29, 0.717) is 5.92 Å². The van der Waals surface area contributed by atoms with E-state index >= 15 is 0 Å². The van der Waals surface area contributed by atoms with Gasteiger partial charge in [-0.1, -0.05) is 43.5 Å². The molecule has 2 aromatic carbocycles. The van der Waals surface area contributed by atoms with Crippen LogP contribution in [0.15, 0.2) is 36.4 Å². The summed E-state index contributed by atoms with van der Waals surface area (Å²) >= 11 is 0. The lowest BCUT2D eigenvalue weighted by Crippen LogP contribution is -2.33. The fourth-order valence-electron chi connectivity index (χ4n) is 3.79. The Morgan fingerprint density at radius 3 is 2.55 bits per heavy atom. The summed E-state index contributed by atoms with van der Waals surface area (Å²) in [4.78, 5) is 14.7. The minimum absolute atomic E-state index is 0.197. The van der Waals surface area contributed by atoms with Gasteiger partial charge in [0, 0.05) is 17.5 Å². The van der Waals surface area contributed by atoms with E-state index in [4.69, 9.17) is 0 Å². The van der Waals surface area contributed by atoms with Gasteiger partial charge in [-0.2, -0.15) is 0 Å². The van der Waals surface area contributed by atoms with Gasteiger partial charge in [-0.15, -0.1) is 0 Å². The van der Waals surface area contributed by atoms with E-state index in [1.54, 1.807) is 0 Å². The molecule has 0 unspecified atom stereocenters. The molecule has 20 heavy (non-hydrogen) atoms. The van der Waals surface area contributed by atoms with E-state index in [-0.39, 0.29) is 5.91 Å². The summed E-state index contributed by atoms with van der Waals surface area (Å²) in [6.45, 7) is 0.895. The highest BCUT2D eigenvalue weighted by Gasteiger charge is 2.31. The lowest BCUT2D eigenvalue weighted by Gasteiger charge is -2.27. The minimum Gasteiger partial charge on any atom is -0.307 e. The normalized spacial score (nSPS) is 19.0. The SMILES string of the molecule is O=C1c2cccc3cccc(c23)N1CC1CCCCC1. The number of carbonyl (C=O) groups is 1. The van der Waals surface area contributed by atoms with Crippen molar-refractivity contribution in [3.05, 3.63) is 42.0 Å². The molecule has 0 spiro atoms. The summed E-state index contributed by atoms with van der Waals surface area (Å²) in [5, 5.41) is 2.33.